The fraction of sp³-hybridized carbons (Fsp3) is 0. The first-order valence-electron chi connectivity index (χ1n) is 5.06. The van der Waals surface area contributed by atoms with Crippen molar-refractivity contribution in [3.8, 4) is 5.75 Å². The lowest BCUT2D eigenvalue weighted by molar-refractivity contribution is 0.0697. The van der Waals surface area contributed by atoms with Gasteiger partial charge in [0.05, 0.1) is 10.6 Å². The first-order valence-corrected chi connectivity index (χ1v) is 6.25. The smallest absolute Gasteiger partial charge is 0.335 e. The lowest BCUT2D eigenvalue weighted by Crippen LogP contribution is -1.95. The van der Waals surface area contributed by atoms with Gasteiger partial charge in [-0.2, -0.15) is 0 Å². The quantitative estimate of drug-likeness (QED) is 0.895. The first-order chi connectivity index (χ1) is 8.56. The maximum absolute atomic E-state index is 10.8. The van der Waals surface area contributed by atoms with E-state index in [9.17, 15) is 9.90 Å². The number of carboxylic acid groups (broad SMARTS) is 1. The molecule has 0 spiro atoms. The maximum Gasteiger partial charge on any atom is 0.335 e. The van der Waals surface area contributed by atoms with Crippen molar-refractivity contribution in [3.05, 3.63) is 53.1 Å². The molecule has 0 aliphatic rings. The van der Waals surface area contributed by atoms with Crippen LogP contribution in [0.15, 0.2) is 52.3 Å². The highest BCUT2D eigenvalue weighted by molar-refractivity contribution is 7.99. The highest BCUT2D eigenvalue weighted by atomic mass is 35.5. The number of carbonyl (C=O) groups is 1. The van der Waals surface area contributed by atoms with E-state index in [4.69, 9.17) is 16.7 Å². The van der Waals surface area contributed by atoms with Crippen molar-refractivity contribution in [2.75, 3.05) is 0 Å². The van der Waals surface area contributed by atoms with E-state index in [0.29, 0.717) is 5.02 Å². The minimum Gasteiger partial charge on any atom is -0.508 e. The van der Waals surface area contributed by atoms with Gasteiger partial charge in [-0.3, -0.25) is 0 Å². The highest BCUT2D eigenvalue weighted by Crippen LogP contribution is 2.34. The number of halogens is 1. The standard InChI is InChI=1S/C13H9ClO3S/c14-11-7-8(13(16)17)1-6-12(11)18-10-4-2-9(15)3-5-10/h1-7,15H,(H,16,17). The van der Waals surface area contributed by atoms with Crippen molar-refractivity contribution in [3.63, 3.8) is 0 Å². The number of aromatic carboxylic acids is 1. The molecule has 3 nitrogen and oxygen atoms in total. The minimum atomic E-state index is -1.00. The van der Waals surface area contributed by atoms with Crippen LogP contribution in [0.2, 0.25) is 5.02 Å². The molecule has 18 heavy (non-hydrogen) atoms. The Morgan fingerprint density at radius 2 is 1.78 bits per heavy atom. The Kier molecular flexibility index (Phi) is 3.79. The first kappa shape index (κ1) is 12.8. The number of aromatic hydroxyl groups is 1. The van der Waals surface area contributed by atoms with Crippen LogP contribution in [0.1, 0.15) is 10.4 Å². The Labute approximate surface area is 113 Å². The number of hydrogen-bond donors (Lipinski definition) is 2. The average Bonchev–Trinajstić information content (AvgIpc) is 2.34. The van der Waals surface area contributed by atoms with Crippen molar-refractivity contribution in [2.24, 2.45) is 0 Å². The molecule has 0 aliphatic heterocycles. The molecule has 0 amide bonds. The van der Waals surface area contributed by atoms with Gasteiger partial charge in [0.1, 0.15) is 5.75 Å². The second-order valence-corrected chi connectivity index (χ2v) is 5.07. The largest absolute Gasteiger partial charge is 0.508 e. The normalized spacial score (nSPS) is 10.3. The van der Waals surface area contributed by atoms with E-state index in [1.54, 1.807) is 30.3 Å². The fourth-order valence-corrected chi connectivity index (χ4v) is 2.47. The van der Waals surface area contributed by atoms with Gasteiger partial charge in [-0.05, 0) is 42.5 Å². The van der Waals surface area contributed by atoms with Crippen LogP contribution in [0, 0.1) is 0 Å². The van der Waals surface area contributed by atoms with Gasteiger partial charge >= 0.3 is 5.97 Å². The summed E-state index contributed by atoms with van der Waals surface area (Å²) in [6, 6.07) is 11.3. The average molecular weight is 281 g/mol. The third-order valence-electron chi connectivity index (χ3n) is 2.24. The number of benzene rings is 2. The van der Waals surface area contributed by atoms with Crippen LogP contribution in [0.4, 0.5) is 0 Å². The van der Waals surface area contributed by atoms with Crippen LogP contribution in [0.5, 0.6) is 5.75 Å². The molecule has 0 radical (unpaired) electrons. The number of phenols is 1. The molecule has 0 saturated carbocycles. The molecular weight excluding hydrogens is 272 g/mol. The molecule has 0 saturated heterocycles. The van der Waals surface area contributed by atoms with Crippen molar-refractivity contribution in [2.45, 2.75) is 9.79 Å². The third kappa shape index (κ3) is 2.97. The maximum atomic E-state index is 10.8. The SMILES string of the molecule is O=C(O)c1ccc(Sc2ccc(O)cc2)c(Cl)c1. The summed E-state index contributed by atoms with van der Waals surface area (Å²) in [5.41, 5.74) is 0.162. The molecule has 2 aromatic rings. The zero-order valence-electron chi connectivity index (χ0n) is 9.13. The van der Waals surface area contributed by atoms with Gasteiger partial charge in [0.15, 0.2) is 0 Å². The zero-order chi connectivity index (χ0) is 13.1. The van der Waals surface area contributed by atoms with E-state index in [2.05, 4.69) is 0 Å². The molecular formula is C13H9ClO3S. The topological polar surface area (TPSA) is 57.5 Å². The van der Waals surface area contributed by atoms with Crippen LogP contribution in [-0.2, 0) is 0 Å². The van der Waals surface area contributed by atoms with Gasteiger partial charge in [-0.25, -0.2) is 4.79 Å². The highest BCUT2D eigenvalue weighted by Gasteiger charge is 2.08. The van der Waals surface area contributed by atoms with Crippen LogP contribution in [-0.4, -0.2) is 16.2 Å². The Morgan fingerprint density at radius 3 is 2.33 bits per heavy atom. The summed E-state index contributed by atoms with van der Waals surface area (Å²) >= 11 is 7.43. The molecule has 2 rings (SSSR count). The number of carboxylic acids is 1. The molecule has 0 bridgehead atoms. The molecule has 5 heteroatoms. The second-order valence-electron chi connectivity index (χ2n) is 3.55. The zero-order valence-corrected chi connectivity index (χ0v) is 10.7. The monoisotopic (exact) mass is 280 g/mol. The summed E-state index contributed by atoms with van der Waals surface area (Å²) in [7, 11) is 0. The summed E-state index contributed by atoms with van der Waals surface area (Å²) in [5.74, 6) is -0.801. The van der Waals surface area contributed by atoms with Gasteiger partial charge in [-0.15, -0.1) is 0 Å². The summed E-state index contributed by atoms with van der Waals surface area (Å²) in [6.45, 7) is 0. The Hall–Kier alpha value is -1.65. The second kappa shape index (κ2) is 5.33. The van der Waals surface area contributed by atoms with Crippen molar-refractivity contribution in [1.29, 1.82) is 0 Å². The van der Waals surface area contributed by atoms with Gasteiger partial charge < -0.3 is 10.2 Å². The van der Waals surface area contributed by atoms with Crippen LogP contribution < -0.4 is 0 Å². The van der Waals surface area contributed by atoms with Crippen LogP contribution >= 0.6 is 23.4 Å². The van der Waals surface area contributed by atoms with E-state index < -0.39 is 5.97 Å². The minimum absolute atomic E-state index is 0.162. The summed E-state index contributed by atoms with van der Waals surface area (Å²) in [5, 5.41) is 18.4. The molecule has 0 heterocycles. The van der Waals surface area contributed by atoms with Gasteiger partial charge in [0, 0.05) is 9.79 Å². The van der Waals surface area contributed by atoms with E-state index in [0.717, 1.165) is 9.79 Å². The summed E-state index contributed by atoms with van der Waals surface area (Å²) in [4.78, 5) is 12.5. The molecule has 0 aromatic heterocycles. The van der Waals surface area contributed by atoms with E-state index in [1.807, 2.05) is 0 Å². The Morgan fingerprint density at radius 1 is 1.11 bits per heavy atom. The van der Waals surface area contributed by atoms with E-state index in [-0.39, 0.29) is 11.3 Å². The molecule has 0 fully saturated rings. The van der Waals surface area contributed by atoms with Gasteiger partial charge in [0.2, 0.25) is 0 Å². The lowest BCUT2D eigenvalue weighted by Gasteiger charge is -2.05. The number of rotatable bonds is 3. The fourth-order valence-electron chi connectivity index (χ4n) is 1.36. The van der Waals surface area contributed by atoms with Crippen LogP contribution in [0.25, 0.3) is 0 Å². The van der Waals surface area contributed by atoms with Crippen molar-refractivity contribution < 1.29 is 15.0 Å². The Bertz CT molecular complexity index is 581. The molecule has 2 aromatic carbocycles. The molecule has 0 atom stereocenters. The Balaban J connectivity index is 2.24. The summed E-state index contributed by atoms with van der Waals surface area (Å²) < 4.78 is 0. The summed E-state index contributed by atoms with van der Waals surface area (Å²) in [6.07, 6.45) is 0. The molecule has 92 valence electrons. The van der Waals surface area contributed by atoms with E-state index >= 15 is 0 Å². The van der Waals surface area contributed by atoms with Gasteiger partial charge in [0.25, 0.3) is 0 Å². The third-order valence-corrected chi connectivity index (χ3v) is 3.75. The van der Waals surface area contributed by atoms with Gasteiger partial charge in [-0.1, -0.05) is 23.4 Å². The molecule has 0 aliphatic carbocycles. The predicted octanol–water partition coefficient (Wildman–Crippen LogP) is 3.90. The number of hydrogen-bond acceptors (Lipinski definition) is 3. The van der Waals surface area contributed by atoms with Crippen molar-refractivity contribution >= 4 is 29.3 Å². The van der Waals surface area contributed by atoms with Crippen molar-refractivity contribution in [1.82, 2.24) is 0 Å². The van der Waals surface area contributed by atoms with Crippen LogP contribution in [0.3, 0.4) is 0 Å². The van der Waals surface area contributed by atoms with E-state index in [1.165, 1.54) is 23.9 Å². The number of phenolic OH excluding ortho intramolecular Hbond substituents is 1. The lowest BCUT2D eigenvalue weighted by atomic mass is 10.2. The molecule has 2 N–H and O–H groups in total. The molecule has 0 unspecified atom stereocenters. The predicted molar refractivity (Wildman–Crippen MR) is 70.6 cm³/mol.